The van der Waals surface area contributed by atoms with Crippen LogP contribution in [0, 0.1) is 6.92 Å². The molecule has 2 aromatic carbocycles. The van der Waals surface area contributed by atoms with Crippen molar-refractivity contribution in [2.75, 3.05) is 18.5 Å². The summed E-state index contributed by atoms with van der Waals surface area (Å²) in [6.45, 7) is 4.32. The standard InChI is InChI=1S/C17H18BrNO3/c1-3-21-16-7-5-4-6-14(16)19-17(20)11-22-15-9-8-13(18)10-12(15)2/h4-10H,3,11H2,1-2H3,(H,19,20). The fourth-order valence-electron chi connectivity index (χ4n) is 1.96. The Morgan fingerprint density at radius 1 is 1.14 bits per heavy atom. The van der Waals surface area contributed by atoms with E-state index in [-0.39, 0.29) is 12.5 Å². The molecule has 22 heavy (non-hydrogen) atoms. The maximum absolute atomic E-state index is 12.0. The van der Waals surface area contributed by atoms with E-state index >= 15 is 0 Å². The summed E-state index contributed by atoms with van der Waals surface area (Å²) in [7, 11) is 0. The predicted molar refractivity (Wildman–Crippen MR) is 90.6 cm³/mol. The highest BCUT2D eigenvalue weighted by Gasteiger charge is 2.09. The Morgan fingerprint density at radius 2 is 1.91 bits per heavy atom. The van der Waals surface area contributed by atoms with Crippen LogP contribution >= 0.6 is 15.9 Å². The number of ether oxygens (including phenoxy) is 2. The second kappa shape index (κ2) is 7.84. The number of hydrogen-bond acceptors (Lipinski definition) is 3. The summed E-state index contributed by atoms with van der Waals surface area (Å²) >= 11 is 3.39. The SMILES string of the molecule is CCOc1ccccc1NC(=O)COc1ccc(Br)cc1C. The van der Waals surface area contributed by atoms with Crippen LogP contribution in [-0.2, 0) is 4.79 Å². The minimum atomic E-state index is -0.227. The van der Waals surface area contributed by atoms with E-state index in [1.807, 2.05) is 50.2 Å². The Hall–Kier alpha value is -2.01. The average molecular weight is 364 g/mol. The predicted octanol–water partition coefficient (Wildman–Crippen LogP) is 4.17. The molecule has 0 aliphatic carbocycles. The summed E-state index contributed by atoms with van der Waals surface area (Å²) in [5.41, 5.74) is 1.61. The summed E-state index contributed by atoms with van der Waals surface area (Å²) in [5.74, 6) is 1.11. The summed E-state index contributed by atoms with van der Waals surface area (Å²) in [6.07, 6.45) is 0. The molecule has 0 heterocycles. The smallest absolute Gasteiger partial charge is 0.262 e. The zero-order valence-electron chi connectivity index (χ0n) is 12.6. The van der Waals surface area contributed by atoms with Crippen LogP contribution in [0.1, 0.15) is 12.5 Å². The minimum absolute atomic E-state index is 0.0526. The lowest BCUT2D eigenvalue weighted by Gasteiger charge is -2.12. The molecule has 0 saturated carbocycles. The molecule has 1 amide bonds. The lowest BCUT2D eigenvalue weighted by atomic mass is 10.2. The number of carbonyl (C=O) groups excluding carboxylic acids is 1. The molecule has 0 fully saturated rings. The summed E-state index contributed by atoms with van der Waals surface area (Å²) in [4.78, 5) is 12.0. The van der Waals surface area contributed by atoms with Crippen molar-refractivity contribution in [1.82, 2.24) is 0 Å². The number of nitrogens with one attached hydrogen (secondary N) is 1. The second-order valence-corrected chi connectivity index (χ2v) is 5.59. The van der Waals surface area contributed by atoms with E-state index in [0.29, 0.717) is 23.8 Å². The minimum Gasteiger partial charge on any atom is -0.492 e. The third-order valence-electron chi connectivity index (χ3n) is 2.96. The second-order valence-electron chi connectivity index (χ2n) is 4.68. The van der Waals surface area contributed by atoms with Crippen LogP contribution in [0.25, 0.3) is 0 Å². The van der Waals surface area contributed by atoms with Crippen LogP contribution in [0.3, 0.4) is 0 Å². The average Bonchev–Trinajstić information content (AvgIpc) is 2.48. The van der Waals surface area contributed by atoms with Crippen LogP contribution in [0.2, 0.25) is 0 Å². The largest absolute Gasteiger partial charge is 0.492 e. The van der Waals surface area contributed by atoms with E-state index in [1.165, 1.54) is 0 Å². The van der Waals surface area contributed by atoms with E-state index < -0.39 is 0 Å². The Balaban J connectivity index is 1.96. The molecule has 1 N–H and O–H groups in total. The molecule has 116 valence electrons. The molecule has 0 unspecified atom stereocenters. The van der Waals surface area contributed by atoms with E-state index in [2.05, 4.69) is 21.2 Å². The number of halogens is 1. The van der Waals surface area contributed by atoms with Crippen LogP contribution in [0.4, 0.5) is 5.69 Å². The van der Waals surface area contributed by atoms with Crippen molar-refractivity contribution >= 4 is 27.5 Å². The molecule has 0 aliphatic rings. The highest BCUT2D eigenvalue weighted by Crippen LogP contribution is 2.24. The lowest BCUT2D eigenvalue weighted by molar-refractivity contribution is -0.118. The molecule has 0 aromatic heterocycles. The highest BCUT2D eigenvalue weighted by molar-refractivity contribution is 9.10. The molecule has 0 aliphatic heterocycles. The monoisotopic (exact) mass is 363 g/mol. The van der Waals surface area contributed by atoms with Gasteiger partial charge in [-0.15, -0.1) is 0 Å². The number of aryl methyl sites for hydroxylation is 1. The van der Waals surface area contributed by atoms with Crippen molar-refractivity contribution < 1.29 is 14.3 Å². The van der Waals surface area contributed by atoms with Gasteiger partial charge in [0.15, 0.2) is 6.61 Å². The van der Waals surface area contributed by atoms with Gasteiger partial charge in [0, 0.05) is 4.47 Å². The Labute approximate surface area is 138 Å². The van der Waals surface area contributed by atoms with Crippen LogP contribution in [0.15, 0.2) is 46.9 Å². The fourth-order valence-corrected chi connectivity index (χ4v) is 2.43. The first-order valence-electron chi connectivity index (χ1n) is 7.00. The number of rotatable bonds is 6. The quantitative estimate of drug-likeness (QED) is 0.837. The first kappa shape index (κ1) is 16.4. The number of para-hydroxylation sites is 2. The number of carbonyl (C=O) groups is 1. The van der Waals surface area contributed by atoms with Crippen molar-refractivity contribution in [2.45, 2.75) is 13.8 Å². The lowest BCUT2D eigenvalue weighted by Crippen LogP contribution is -2.20. The topological polar surface area (TPSA) is 47.6 Å². The normalized spacial score (nSPS) is 10.1. The van der Waals surface area contributed by atoms with Gasteiger partial charge in [-0.1, -0.05) is 28.1 Å². The zero-order chi connectivity index (χ0) is 15.9. The van der Waals surface area contributed by atoms with Gasteiger partial charge in [-0.25, -0.2) is 0 Å². The first-order valence-corrected chi connectivity index (χ1v) is 7.80. The van der Waals surface area contributed by atoms with Crippen LogP contribution in [0.5, 0.6) is 11.5 Å². The van der Waals surface area contributed by atoms with E-state index in [0.717, 1.165) is 10.0 Å². The van der Waals surface area contributed by atoms with Crippen LogP contribution in [-0.4, -0.2) is 19.1 Å². The fraction of sp³-hybridized carbons (Fsp3) is 0.235. The first-order chi connectivity index (χ1) is 10.6. The molecular weight excluding hydrogens is 346 g/mol. The summed E-state index contributed by atoms with van der Waals surface area (Å²) in [6, 6.07) is 13.0. The Bertz CT molecular complexity index is 658. The number of anilines is 1. The number of benzene rings is 2. The van der Waals surface area contributed by atoms with Gasteiger partial charge >= 0.3 is 0 Å². The van der Waals surface area contributed by atoms with Gasteiger partial charge < -0.3 is 14.8 Å². The summed E-state index contributed by atoms with van der Waals surface area (Å²) in [5, 5.41) is 2.80. The molecule has 0 saturated heterocycles. The molecule has 0 bridgehead atoms. The third kappa shape index (κ3) is 4.49. The third-order valence-corrected chi connectivity index (χ3v) is 3.45. The Morgan fingerprint density at radius 3 is 2.64 bits per heavy atom. The van der Waals surface area contributed by atoms with Gasteiger partial charge in [-0.05, 0) is 49.7 Å². The van der Waals surface area contributed by atoms with Crippen molar-refractivity contribution in [3.05, 3.63) is 52.5 Å². The van der Waals surface area contributed by atoms with Gasteiger partial charge in [-0.3, -0.25) is 4.79 Å². The van der Waals surface area contributed by atoms with Gasteiger partial charge in [0.2, 0.25) is 0 Å². The van der Waals surface area contributed by atoms with Crippen molar-refractivity contribution in [3.8, 4) is 11.5 Å². The molecule has 2 aromatic rings. The molecule has 0 radical (unpaired) electrons. The molecule has 4 nitrogen and oxygen atoms in total. The molecule has 2 rings (SSSR count). The Kier molecular flexibility index (Phi) is 5.83. The van der Waals surface area contributed by atoms with Crippen molar-refractivity contribution in [1.29, 1.82) is 0 Å². The van der Waals surface area contributed by atoms with E-state index in [9.17, 15) is 4.79 Å². The van der Waals surface area contributed by atoms with Crippen molar-refractivity contribution in [2.24, 2.45) is 0 Å². The number of hydrogen-bond donors (Lipinski definition) is 1. The zero-order valence-corrected chi connectivity index (χ0v) is 14.1. The van der Waals surface area contributed by atoms with Crippen LogP contribution < -0.4 is 14.8 Å². The van der Waals surface area contributed by atoms with Gasteiger partial charge in [0.1, 0.15) is 11.5 Å². The maximum Gasteiger partial charge on any atom is 0.262 e. The number of amides is 1. The molecule has 0 atom stereocenters. The maximum atomic E-state index is 12.0. The molecule has 0 spiro atoms. The molecular formula is C17H18BrNO3. The van der Waals surface area contributed by atoms with Gasteiger partial charge in [-0.2, -0.15) is 0 Å². The van der Waals surface area contributed by atoms with Gasteiger partial charge in [0.05, 0.1) is 12.3 Å². The summed E-state index contributed by atoms with van der Waals surface area (Å²) < 4.78 is 12.0. The van der Waals surface area contributed by atoms with E-state index in [4.69, 9.17) is 9.47 Å². The molecule has 5 heteroatoms. The van der Waals surface area contributed by atoms with E-state index in [1.54, 1.807) is 6.07 Å². The highest BCUT2D eigenvalue weighted by atomic mass is 79.9. The van der Waals surface area contributed by atoms with Gasteiger partial charge in [0.25, 0.3) is 5.91 Å². The van der Waals surface area contributed by atoms with Crippen molar-refractivity contribution in [3.63, 3.8) is 0 Å².